The first-order valence-electron chi connectivity index (χ1n) is 9.31. The summed E-state index contributed by atoms with van der Waals surface area (Å²) >= 11 is 0. The molecule has 0 aromatic heterocycles. The molecule has 1 N–H and O–H groups in total. The molecule has 2 atom stereocenters. The van der Waals surface area contributed by atoms with Gasteiger partial charge in [0.25, 0.3) is 0 Å². The van der Waals surface area contributed by atoms with E-state index in [0.29, 0.717) is 24.9 Å². The standard InChI is InChI=1S/C19H28N4O3/c1-4-22-9-8-16(12-14(22)2)21(3)18(24)20-15-6-5-7-17(13-15)23-10-11-26-19(23)25/h5-7,13-14,16H,4,8-12H2,1-3H3,(H,20,24)/t14-,16+/m0/s1. The van der Waals surface area contributed by atoms with Gasteiger partial charge in [-0.2, -0.15) is 0 Å². The van der Waals surface area contributed by atoms with Crippen molar-refractivity contribution in [3.8, 4) is 0 Å². The number of ether oxygens (including phenoxy) is 1. The van der Waals surface area contributed by atoms with E-state index in [2.05, 4.69) is 24.1 Å². The molecule has 1 aromatic carbocycles. The quantitative estimate of drug-likeness (QED) is 0.896. The number of urea groups is 1. The molecule has 2 heterocycles. The fourth-order valence-corrected chi connectivity index (χ4v) is 3.77. The first-order chi connectivity index (χ1) is 12.5. The minimum absolute atomic E-state index is 0.117. The molecule has 2 saturated heterocycles. The van der Waals surface area contributed by atoms with Gasteiger partial charge in [-0.15, -0.1) is 0 Å². The van der Waals surface area contributed by atoms with Crippen molar-refractivity contribution in [3.63, 3.8) is 0 Å². The van der Waals surface area contributed by atoms with E-state index in [-0.39, 0.29) is 18.2 Å². The van der Waals surface area contributed by atoms with E-state index >= 15 is 0 Å². The molecule has 26 heavy (non-hydrogen) atoms. The van der Waals surface area contributed by atoms with Gasteiger partial charge >= 0.3 is 12.1 Å². The predicted octanol–water partition coefficient (Wildman–Crippen LogP) is 2.98. The van der Waals surface area contributed by atoms with Crippen LogP contribution in [0.2, 0.25) is 0 Å². The maximum atomic E-state index is 12.7. The zero-order valence-corrected chi connectivity index (χ0v) is 15.8. The lowest BCUT2D eigenvalue weighted by molar-refractivity contribution is 0.104. The van der Waals surface area contributed by atoms with Crippen molar-refractivity contribution in [2.45, 2.75) is 38.8 Å². The van der Waals surface area contributed by atoms with Crippen LogP contribution in [-0.4, -0.2) is 67.3 Å². The Kier molecular flexibility index (Phi) is 5.66. The molecular formula is C19H28N4O3. The van der Waals surface area contributed by atoms with Gasteiger partial charge in [-0.05, 0) is 44.5 Å². The summed E-state index contributed by atoms with van der Waals surface area (Å²) in [5, 5.41) is 2.95. The Hall–Kier alpha value is -2.28. The van der Waals surface area contributed by atoms with Crippen LogP contribution in [0.4, 0.5) is 21.0 Å². The van der Waals surface area contributed by atoms with Gasteiger partial charge in [0.15, 0.2) is 0 Å². The van der Waals surface area contributed by atoms with Crippen LogP contribution < -0.4 is 10.2 Å². The van der Waals surface area contributed by atoms with Gasteiger partial charge in [0, 0.05) is 37.1 Å². The summed E-state index contributed by atoms with van der Waals surface area (Å²) in [5.41, 5.74) is 1.41. The maximum Gasteiger partial charge on any atom is 0.414 e. The number of piperidine rings is 1. The summed E-state index contributed by atoms with van der Waals surface area (Å²) in [5.74, 6) is 0. The number of hydrogen-bond acceptors (Lipinski definition) is 4. The van der Waals surface area contributed by atoms with Crippen LogP contribution in [0.5, 0.6) is 0 Å². The molecule has 0 aliphatic carbocycles. The van der Waals surface area contributed by atoms with E-state index in [1.165, 1.54) is 0 Å². The van der Waals surface area contributed by atoms with Gasteiger partial charge in [0.05, 0.1) is 6.54 Å². The first-order valence-corrected chi connectivity index (χ1v) is 9.31. The predicted molar refractivity (Wildman–Crippen MR) is 102 cm³/mol. The highest BCUT2D eigenvalue weighted by molar-refractivity contribution is 5.93. The molecule has 142 valence electrons. The van der Waals surface area contributed by atoms with E-state index in [1.54, 1.807) is 15.9 Å². The van der Waals surface area contributed by atoms with Crippen molar-refractivity contribution < 1.29 is 14.3 Å². The molecule has 3 amide bonds. The van der Waals surface area contributed by atoms with Crippen LogP contribution in [0.1, 0.15) is 26.7 Å². The van der Waals surface area contributed by atoms with Crippen LogP contribution in [-0.2, 0) is 4.74 Å². The van der Waals surface area contributed by atoms with Gasteiger partial charge in [-0.25, -0.2) is 9.59 Å². The monoisotopic (exact) mass is 360 g/mol. The van der Waals surface area contributed by atoms with Crippen molar-refractivity contribution in [3.05, 3.63) is 24.3 Å². The zero-order valence-electron chi connectivity index (χ0n) is 15.8. The van der Waals surface area contributed by atoms with Gasteiger partial charge in [-0.3, -0.25) is 4.90 Å². The molecule has 7 heteroatoms. The Morgan fingerprint density at radius 1 is 1.38 bits per heavy atom. The van der Waals surface area contributed by atoms with Gasteiger partial charge in [0.1, 0.15) is 6.61 Å². The summed E-state index contributed by atoms with van der Waals surface area (Å²) in [4.78, 5) is 30.2. The van der Waals surface area contributed by atoms with Gasteiger partial charge in [-0.1, -0.05) is 13.0 Å². The smallest absolute Gasteiger partial charge is 0.414 e. The number of likely N-dealkylation sites (tertiary alicyclic amines) is 1. The Balaban J connectivity index is 1.62. The molecule has 0 spiro atoms. The van der Waals surface area contributed by atoms with Gasteiger partial charge in [0.2, 0.25) is 0 Å². The SMILES string of the molecule is CCN1CC[C@@H](N(C)C(=O)Nc2cccc(N3CCOC3=O)c2)C[C@@H]1C. The third kappa shape index (κ3) is 3.93. The summed E-state index contributed by atoms with van der Waals surface area (Å²) in [6.45, 7) is 7.40. The number of carbonyl (C=O) groups excluding carboxylic acids is 2. The summed E-state index contributed by atoms with van der Waals surface area (Å²) in [7, 11) is 1.86. The maximum absolute atomic E-state index is 12.7. The summed E-state index contributed by atoms with van der Waals surface area (Å²) < 4.78 is 4.97. The second-order valence-electron chi connectivity index (χ2n) is 7.01. The third-order valence-electron chi connectivity index (χ3n) is 5.43. The third-order valence-corrected chi connectivity index (χ3v) is 5.43. The Morgan fingerprint density at radius 3 is 2.85 bits per heavy atom. The molecule has 0 saturated carbocycles. The second kappa shape index (κ2) is 7.95. The average molecular weight is 360 g/mol. The molecular weight excluding hydrogens is 332 g/mol. The highest BCUT2D eigenvalue weighted by Gasteiger charge is 2.29. The Bertz CT molecular complexity index is 666. The second-order valence-corrected chi connectivity index (χ2v) is 7.01. The number of nitrogens with zero attached hydrogens (tertiary/aromatic N) is 3. The van der Waals surface area contributed by atoms with E-state index in [4.69, 9.17) is 4.74 Å². The zero-order chi connectivity index (χ0) is 18.7. The van der Waals surface area contributed by atoms with Crippen molar-refractivity contribution in [1.29, 1.82) is 0 Å². The lowest BCUT2D eigenvalue weighted by atomic mass is 9.97. The molecule has 0 bridgehead atoms. The van der Waals surface area contributed by atoms with Crippen LogP contribution in [0.3, 0.4) is 0 Å². The van der Waals surface area contributed by atoms with Crippen LogP contribution >= 0.6 is 0 Å². The number of cyclic esters (lactones) is 1. The number of rotatable bonds is 4. The molecule has 0 radical (unpaired) electrons. The normalized spacial score (nSPS) is 23.7. The van der Waals surface area contributed by atoms with E-state index in [1.807, 2.05) is 25.2 Å². The van der Waals surface area contributed by atoms with Crippen molar-refractivity contribution in [2.24, 2.45) is 0 Å². The lowest BCUT2D eigenvalue weighted by Crippen LogP contribution is -2.50. The first kappa shape index (κ1) is 18.5. The van der Waals surface area contributed by atoms with Crippen molar-refractivity contribution in [2.75, 3.05) is 43.5 Å². The number of nitrogens with one attached hydrogen (secondary N) is 1. The van der Waals surface area contributed by atoms with Crippen LogP contribution in [0.25, 0.3) is 0 Å². The largest absolute Gasteiger partial charge is 0.447 e. The number of benzene rings is 1. The highest BCUT2D eigenvalue weighted by atomic mass is 16.6. The summed E-state index contributed by atoms with van der Waals surface area (Å²) in [6, 6.07) is 7.92. The number of hydrogen-bond donors (Lipinski definition) is 1. The van der Waals surface area contributed by atoms with E-state index < -0.39 is 0 Å². The molecule has 2 fully saturated rings. The number of carbonyl (C=O) groups is 2. The summed E-state index contributed by atoms with van der Waals surface area (Å²) in [6.07, 6.45) is 1.63. The Labute approximate surface area is 154 Å². The molecule has 7 nitrogen and oxygen atoms in total. The topological polar surface area (TPSA) is 65.1 Å². The Morgan fingerprint density at radius 2 is 2.19 bits per heavy atom. The van der Waals surface area contributed by atoms with Crippen molar-refractivity contribution in [1.82, 2.24) is 9.80 Å². The number of amides is 3. The lowest BCUT2D eigenvalue weighted by Gasteiger charge is -2.40. The fraction of sp³-hybridized carbons (Fsp3) is 0.579. The molecule has 3 rings (SSSR count). The molecule has 2 aliphatic rings. The highest BCUT2D eigenvalue weighted by Crippen LogP contribution is 2.24. The molecule has 0 unspecified atom stereocenters. The van der Waals surface area contributed by atoms with E-state index in [9.17, 15) is 9.59 Å². The van der Waals surface area contributed by atoms with Crippen molar-refractivity contribution >= 4 is 23.5 Å². The molecule has 2 aliphatic heterocycles. The van der Waals surface area contributed by atoms with Crippen LogP contribution in [0, 0.1) is 0 Å². The minimum atomic E-state index is -0.345. The molecule has 1 aromatic rings. The van der Waals surface area contributed by atoms with E-state index in [0.717, 1.165) is 31.6 Å². The van der Waals surface area contributed by atoms with Gasteiger partial charge < -0.3 is 19.9 Å². The fourth-order valence-electron chi connectivity index (χ4n) is 3.77. The average Bonchev–Trinajstić information content (AvgIpc) is 3.07. The number of anilines is 2. The minimum Gasteiger partial charge on any atom is -0.447 e. The van der Waals surface area contributed by atoms with Crippen LogP contribution in [0.15, 0.2) is 24.3 Å².